The minimum absolute atomic E-state index is 0.00254. The third-order valence-corrected chi connectivity index (χ3v) is 5.92. The number of urea groups is 1. The maximum Gasteiger partial charge on any atom is 0.317 e. The quantitative estimate of drug-likeness (QED) is 0.879. The van der Waals surface area contributed by atoms with Crippen molar-refractivity contribution in [3.63, 3.8) is 0 Å². The molecule has 2 aromatic rings. The molecule has 4 rings (SSSR count). The number of anilines is 1. The van der Waals surface area contributed by atoms with Crippen LogP contribution in [-0.4, -0.2) is 41.0 Å². The molecule has 3 amide bonds. The zero-order valence-corrected chi connectivity index (χ0v) is 16.4. The van der Waals surface area contributed by atoms with Gasteiger partial charge in [0.2, 0.25) is 5.91 Å². The average Bonchev–Trinajstić information content (AvgIpc) is 3.40. The summed E-state index contributed by atoms with van der Waals surface area (Å²) in [5.41, 5.74) is 1.99. The van der Waals surface area contributed by atoms with E-state index in [2.05, 4.69) is 22.3 Å². The Morgan fingerprint density at radius 1 is 1.07 bits per heavy atom. The average molecular weight is 380 g/mol. The lowest BCUT2D eigenvalue weighted by atomic mass is 10.0. The third-order valence-electron chi connectivity index (χ3n) is 5.92. The topological polar surface area (TPSA) is 57.6 Å². The van der Waals surface area contributed by atoms with Crippen LogP contribution >= 0.6 is 0 Å². The molecule has 2 aliphatic heterocycles. The van der Waals surface area contributed by atoms with Gasteiger partial charge in [-0.2, -0.15) is 0 Å². The number of hydrogen-bond donors (Lipinski definition) is 1. The SMILES string of the molecule is C[C@@H](NC(=O)N1CCC(n2cccc2)CC1)c1ccc(N2CCCC2=O)cc1. The zero-order valence-electron chi connectivity index (χ0n) is 16.4. The van der Waals surface area contributed by atoms with Crippen LogP contribution in [0, 0.1) is 0 Å². The minimum Gasteiger partial charge on any atom is -0.351 e. The Bertz CT molecular complexity index is 808. The number of likely N-dealkylation sites (tertiary alicyclic amines) is 1. The first-order valence-electron chi connectivity index (χ1n) is 10.2. The number of nitrogens with one attached hydrogen (secondary N) is 1. The lowest BCUT2D eigenvalue weighted by Crippen LogP contribution is -2.45. The van der Waals surface area contributed by atoms with Crippen LogP contribution in [0.2, 0.25) is 0 Å². The van der Waals surface area contributed by atoms with Gasteiger partial charge >= 0.3 is 6.03 Å². The largest absolute Gasteiger partial charge is 0.351 e. The lowest BCUT2D eigenvalue weighted by molar-refractivity contribution is -0.117. The number of piperidine rings is 1. The van der Waals surface area contributed by atoms with E-state index >= 15 is 0 Å². The summed E-state index contributed by atoms with van der Waals surface area (Å²) in [6, 6.07) is 12.5. The molecule has 2 fully saturated rings. The standard InChI is InChI=1S/C22H28N4O2/c1-17(18-6-8-20(9-7-18)26-14-4-5-21(26)27)23-22(28)25-15-10-19(11-16-25)24-12-2-3-13-24/h2-3,6-9,12-13,17,19H,4-5,10-11,14-16H2,1H3,(H,23,28)/t17-/m1/s1. The summed E-state index contributed by atoms with van der Waals surface area (Å²) >= 11 is 0. The molecule has 1 N–H and O–H groups in total. The highest BCUT2D eigenvalue weighted by Gasteiger charge is 2.25. The van der Waals surface area contributed by atoms with Gasteiger partial charge < -0.3 is 19.7 Å². The van der Waals surface area contributed by atoms with Gasteiger partial charge in [0.05, 0.1) is 6.04 Å². The van der Waals surface area contributed by atoms with Gasteiger partial charge in [-0.3, -0.25) is 4.79 Å². The molecule has 28 heavy (non-hydrogen) atoms. The van der Waals surface area contributed by atoms with Crippen LogP contribution in [0.25, 0.3) is 0 Å². The van der Waals surface area contributed by atoms with Gasteiger partial charge in [-0.1, -0.05) is 12.1 Å². The van der Waals surface area contributed by atoms with Crippen molar-refractivity contribution in [2.45, 2.75) is 44.7 Å². The number of amides is 3. The Kier molecular flexibility index (Phi) is 5.37. The van der Waals surface area contributed by atoms with Gasteiger partial charge in [0.15, 0.2) is 0 Å². The van der Waals surface area contributed by atoms with Crippen LogP contribution in [0.4, 0.5) is 10.5 Å². The van der Waals surface area contributed by atoms with E-state index in [0.29, 0.717) is 12.5 Å². The summed E-state index contributed by atoms with van der Waals surface area (Å²) in [6.07, 6.45) is 7.72. The molecule has 148 valence electrons. The van der Waals surface area contributed by atoms with E-state index in [1.807, 2.05) is 53.1 Å². The molecule has 0 bridgehead atoms. The Hall–Kier alpha value is -2.76. The summed E-state index contributed by atoms with van der Waals surface area (Å²) in [6.45, 7) is 4.35. The first-order chi connectivity index (χ1) is 13.6. The highest BCUT2D eigenvalue weighted by molar-refractivity contribution is 5.95. The molecule has 2 saturated heterocycles. The van der Waals surface area contributed by atoms with Crippen LogP contribution in [0.15, 0.2) is 48.8 Å². The second-order valence-corrected chi connectivity index (χ2v) is 7.76. The van der Waals surface area contributed by atoms with Crippen molar-refractivity contribution in [3.05, 3.63) is 54.4 Å². The molecule has 6 nitrogen and oxygen atoms in total. The molecule has 0 spiro atoms. The van der Waals surface area contributed by atoms with Crippen LogP contribution in [0.5, 0.6) is 0 Å². The van der Waals surface area contributed by atoms with Gasteiger partial charge in [-0.05, 0) is 56.0 Å². The highest BCUT2D eigenvalue weighted by Crippen LogP contribution is 2.25. The first kappa shape index (κ1) is 18.6. The van der Waals surface area contributed by atoms with Gasteiger partial charge in [0.25, 0.3) is 0 Å². The van der Waals surface area contributed by atoms with Gasteiger partial charge in [-0.15, -0.1) is 0 Å². The normalized spacial score (nSPS) is 19.1. The number of carbonyl (C=O) groups is 2. The minimum atomic E-state index is -0.0713. The molecular weight excluding hydrogens is 352 g/mol. The fraction of sp³-hybridized carbons (Fsp3) is 0.455. The molecule has 6 heteroatoms. The van der Waals surface area contributed by atoms with Crippen molar-refractivity contribution in [2.24, 2.45) is 0 Å². The van der Waals surface area contributed by atoms with E-state index in [1.54, 1.807) is 0 Å². The fourth-order valence-corrected chi connectivity index (χ4v) is 4.18. The van der Waals surface area contributed by atoms with Crippen LogP contribution in [0.3, 0.4) is 0 Å². The van der Waals surface area contributed by atoms with Crippen molar-refractivity contribution < 1.29 is 9.59 Å². The van der Waals surface area contributed by atoms with Crippen molar-refractivity contribution in [1.82, 2.24) is 14.8 Å². The Labute approximate surface area is 166 Å². The maximum atomic E-state index is 12.6. The Morgan fingerprint density at radius 2 is 1.75 bits per heavy atom. The second kappa shape index (κ2) is 8.09. The number of carbonyl (C=O) groups excluding carboxylic acids is 2. The summed E-state index contributed by atoms with van der Waals surface area (Å²) in [7, 11) is 0. The summed E-state index contributed by atoms with van der Waals surface area (Å²) in [4.78, 5) is 28.3. The molecular formula is C22H28N4O2. The van der Waals surface area contributed by atoms with Crippen molar-refractivity contribution in [1.29, 1.82) is 0 Å². The summed E-state index contributed by atoms with van der Waals surface area (Å²) in [5.74, 6) is 0.192. The number of hydrogen-bond acceptors (Lipinski definition) is 2. The predicted octanol–water partition coefficient (Wildman–Crippen LogP) is 3.72. The van der Waals surface area contributed by atoms with Crippen LogP contribution in [0.1, 0.15) is 50.3 Å². The molecule has 0 radical (unpaired) electrons. The molecule has 2 aliphatic rings. The van der Waals surface area contributed by atoms with Crippen LogP contribution < -0.4 is 10.2 Å². The zero-order chi connectivity index (χ0) is 19.5. The monoisotopic (exact) mass is 380 g/mol. The molecule has 1 aromatic carbocycles. The predicted molar refractivity (Wildman–Crippen MR) is 109 cm³/mol. The molecule has 0 unspecified atom stereocenters. The number of benzene rings is 1. The van der Waals surface area contributed by atoms with E-state index in [0.717, 1.165) is 50.1 Å². The fourth-order valence-electron chi connectivity index (χ4n) is 4.18. The highest BCUT2D eigenvalue weighted by atomic mass is 16.2. The molecule has 3 heterocycles. The van der Waals surface area contributed by atoms with Crippen molar-refractivity contribution in [3.8, 4) is 0 Å². The summed E-state index contributed by atoms with van der Waals surface area (Å²) < 4.78 is 2.24. The van der Waals surface area contributed by atoms with E-state index in [1.165, 1.54) is 0 Å². The first-order valence-corrected chi connectivity index (χ1v) is 10.2. The molecule has 1 atom stereocenters. The summed E-state index contributed by atoms with van der Waals surface area (Å²) in [5, 5.41) is 3.11. The van der Waals surface area contributed by atoms with E-state index < -0.39 is 0 Å². The van der Waals surface area contributed by atoms with Crippen LogP contribution in [-0.2, 0) is 4.79 Å². The van der Waals surface area contributed by atoms with Gasteiger partial charge in [0, 0.05) is 50.2 Å². The van der Waals surface area contributed by atoms with E-state index in [9.17, 15) is 9.59 Å². The molecule has 0 saturated carbocycles. The third kappa shape index (κ3) is 3.91. The van der Waals surface area contributed by atoms with Gasteiger partial charge in [-0.25, -0.2) is 4.79 Å². The number of nitrogens with zero attached hydrogens (tertiary/aromatic N) is 3. The number of rotatable bonds is 4. The van der Waals surface area contributed by atoms with Gasteiger partial charge in [0.1, 0.15) is 0 Å². The van der Waals surface area contributed by atoms with E-state index in [-0.39, 0.29) is 18.0 Å². The maximum absolute atomic E-state index is 12.6. The second-order valence-electron chi connectivity index (χ2n) is 7.76. The lowest BCUT2D eigenvalue weighted by Gasteiger charge is -2.33. The molecule has 0 aliphatic carbocycles. The Morgan fingerprint density at radius 3 is 2.36 bits per heavy atom. The molecule has 1 aromatic heterocycles. The van der Waals surface area contributed by atoms with E-state index in [4.69, 9.17) is 0 Å². The smallest absolute Gasteiger partial charge is 0.317 e. The number of aromatic nitrogens is 1. The van der Waals surface area contributed by atoms with Crippen molar-refractivity contribution in [2.75, 3.05) is 24.5 Å². The Balaban J connectivity index is 1.30. The van der Waals surface area contributed by atoms with Crippen molar-refractivity contribution >= 4 is 17.6 Å².